The van der Waals surface area contributed by atoms with Crippen LogP contribution in [0.2, 0.25) is 0 Å². The van der Waals surface area contributed by atoms with Gasteiger partial charge in [0, 0.05) is 0 Å². The Morgan fingerprint density at radius 2 is 1.31 bits per heavy atom. The fraction of sp³-hybridized carbons (Fsp3) is 0.833. The van der Waals surface area contributed by atoms with E-state index in [-0.39, 0.29) is 17.3 Å². The summed E-state index contributed by atoms with van der Waals surface area (Å²) in [5.41, 5.74) is 0.148. The molecular weight excluding hydrogens is 208 g/mol. The Bertz CT molecular complexity index is 302. The van der Waals surface area contributed by atoms with Crippen LogP contribution in [0.25, 0.3) is 0 Å². The standard InChI is InChI=1S/C12H18O4/c13-10(14)8-1-4-12(5-2-8)6-3-9(7-12)11(15)16/h8-9H,1-7H2,(H,13,14)(H,15,16)/t8?,9-,12?/m0/s1. The molecule has 0 radical (unpaired) electrons. The van der Waals surface area contributed by atoms with Crippen LogP contribution in [-0.2, 0) is 9.59 Å². The number of rotatable bonds is 2. The molecule has 0 aliphatic heterocycles. The summed E-state index contributed by atoms with van der Waals surface area (Å²) >= 11 is 0. The van der Waals surface area contributed by atoms with Gasteiger partial charge in [0.05, 0.1) is 11.8 Å². The van der Waals surface area contributed by atoms with E-state index < -0.39 is 11.9 Å². The zero-order chi connectivity index (χ0) is 11.8. The van der Waals surface area contributed by atoms with Crippen LogP contribution < -0.4 is 0 Å². The second kappa shape index (κ2) is 4.07. The van der Waals surface area contributed by atoms with Crippen molar-refractivity contribution in [3.05, 3.63) is 0 Å². The Hall–Kier alpha value is -1.06. The zero-order valence-corrected chi connectivity index (χ0v) is 9.32. The summed E-state index contributed by atoms with van der Waals surface area (Å²) in [5.74, 6) is -1.77. The van der Waals surface area contributed by atoms with E-state index in [2.05, 4.69) is 0 Å². The molecule has 1 spiro atoms. The van der Waals surface area contributed by atoms with Gasteiger partial charge in [-0.2, -0.15) is 0 Å². The van der Waals surface area contributed by atoms with Crippen molar-refractivity contribution in [2.45, 2.75) is 44.9 Å². The van der Waals surface area contributed by atoms with Gasteiger partial charge in [0.1, 0.15) is 0 Å². The molecule has 2 rings (SSSR count). The monoisotopic (exact) mass is 226 g/mol. The molecule has 0 bridgehead atoms. The van der Waals surface area contributed by atoms with Crippen molar-refractivity contribution in [2.75, 3.05) is 0 Å². The van der Waals surface area contributed by atoms with Gasteiger partial charge < -0.3 is 10.2 Å². The van der Waals surface area contributed by atoms with Gasteiger partial charge in [-0.15, -0.1) is 0 Å². The minimum Gasteiger partial charge on any atom is -0.481 e. The number of hydrogen-bond donors (Lipinski definition) is 2. The predicted molar refractivity (Wildman–Crippen MR) is 57.0 cm³/mol. The van der Waals surface area contributed by atoms with Crippen molar-refractivity contribution >= 4 is 11.9 Å². The first-order valence-electron chi connectivity index (χ1n) is 5.98. The summed E-state index contributed by atoms with van der Waals surface area (Å²) in [6.07, 6.45) is 5.74. The van der Waals surface area contributed by atoms with Crippen LogP contribution in [0, 0.1) is 17.3 Å². The summed E-state index contributed by atoms with van der Waals surface area (Å²) in [6, 6.07) is 0. The maximum Gasteiger partial charge on any atom is 0.306 e. The molecule has 0 aromatic carbocycles. The van der Waals surface area contributed by atoms with Gasteiger partial charge in [-0.25, -0.2) is 0 Å². The summed E-state index contributed by atoms with van der Waals surface area (Å²) in [6.45, 7) is 0. The molecule has 2 aliphatic carbocycles. The highest BCUT2D eigenvalue weighted by Crippen LogP contribution is 2.52. The Morgan fingerprint density at radius 3 is 1.69 bits per heavy atom. The molecule has 4 nitrogen and oxygen atoms in total. The minimum absolute atomic E-state index is 0.148. The zero-order valence-electron chi connectivity index (χ0n) is 9.32. The summed E-state index contributed by atoms with van der Waals surface area (Å²) < 4.78 is 0. The first-order chi connectivity index (χ1) is 7.52. The number of carbonyl (C=O) groups is 2. The van der Waals surface area contributed by atoms with Crippen molar-refractivity contribution < 1.29 is 19.8 Å². The summed E-state index contributed by atoms with van der Waals surface area (Å²) in [4.78, 5) is 21.7. The molecule has 16 heavy (non-hydrogen) atoms. The largest absolute Gasteiger partial charge is 0.481 e. The second-order valence-corrected chi connectivity index (χ2v) is 5.39. The fourth-order valence-electron chi connectivity index (χ4n) is 3.35. The summed E-state index contributed by atoms with van der Waals surface area (Å²) in [7, 11) is 0. The Labute approximate surface area is 94.7 Å². The van der Waals surface area contributed by atoms with Gasteiger partial charge in [-0.1, -0.05) is 0 Å². The lowest BCUT2D eigenvalue weighted by Gasteiger charge is -2.36. The molecule has 2 aliphatic rings. The minimum atomic E-state index is -0.692. The average molecular weight is 226 g/mol. The molecule has 90 valence electrons. The molecule has 2 saturated carbocycles. The van der Waals surface area contributed by atoms with Gasteiger partial charge in [0.2, 0.25) is 0 Å². The first kappa shape index (κ1) is 11.4. The maximum atomic E-state index is 10.9. The van der Waals surface area contributed by atoms with E-state index in [0.29, 0.717) is 0 Å². The SMILES string of the molecule is O=C(O)C1CCC2(CC1)CC[C@H](C(=O)O)C2. The number of carboxylic acids is 2. The smallest absolute Gasteiger partial charge is 0.306 e. The molecule has 0 aromatic heterocycles. The molecule has 0 heterocycles. The number of hydrogen-bond acceptors (Lipinski definition) is 2. The highest BCUT2D eigenvalue weighted by Gasteiger charge is 2.44. The second-order valence-electron chi connectivity index (χ2n) is 5.39. The predicted octanol–water partition coefficient (Wildman–Crippen LogP) is 2.13. The van der Waals surface area contributed by atoms with Crippen LogP contribution in [0.15, 0.2) is 0 Å². The van der Waals surface area contributed by atoms with E-state index in [1.807, 2.05) is 0 Å². The van der Waals surface area contributed by atoms with E-state index in [1.54, 1.807) is 0 Å². The Kier molecular flexibility index (Phi) is 2.91. The van der Waals surface area contributed by atoms with Crippen molar-refractivity contribution in [3.63, 3.8) is 0 Å². The van der Waals surface area contributed by atoms with Crippen molar-refractivity contribution in [2.24, 2.45) is 17.3 Å². The Balaban J connectivity index is 1.93. The van der Waals surface area contributed by atoms with Crippen LogP contribution in [0.3, 0.4) is 0 Å². The topological polar surface area (TPSA) is 74.6 Å². The molecule has 4 heteroatoms. The molecule has 0 amide bonds. The lowest BCUT2D eigenvalue weighted by molar-refractivity contribution is -0.145. The van der Waals surface area contributed by atoms with Crippen molar-refractivity contribution in [1.82, 2.24) is 0 Å². The highest BCUT2D eigenvalue weighted by atomic mass is 16.4. The molecule has 0 unspecified atom stereocenters. The Morgan fingerprint density at radius 1 is 0.875 bits per heavy atom. The van der Waals surface area contributed by atoms with E-state index in [1.165, 1.54) is 0 Å². The molecule has 0 saturated heterocycles. The van der Waals surface area contributed by atoms with E-state index >= 15 is 0 Å². The average Bonchev–Trinajstić information content (AvgIpc) is 2.63. The van der Waals surface area contributed by atoms with Gasteiger partial charge in [0.25, 0.3) is 0 Å². The van der Waals surface area contributed by atoms with E-state index in [9.17, 15) is 9.59 Å². The first-order valence-corrected chi connectivity index (χ1v) is 5.98. The lowest BCUT2D eigenvalue weighted by atomic mass is 9.69. The molecular formula is C12H18O4. The third-order valence-electron chi connectivity index (χ3n) is 4.45. The quantitative estimate of drug-likeness (QED) is 0.756. The van der Waals surface area contributed by atoms with Crippen LogP contribution >= 0.6 is 0 Å². The highest BCUT2D eigenvalue weighted by molar-refractivity contribution is 5.71. The van der Waals surface area contributed by atoms with Crippen molar-refractivity contribution in [3.8, 4) is 0 Å². The van der Waals surface area contributed by atoms with Crippen LogP contribution in [-0.4, -0.2) is 22.2 Å². The van der Waals surface area contributed by atoms with Crippen LogP contribution in [0.4, 0.5) is 0 Å². The fourth-order valence-corrected chi connectivity index (χ4v) is 3.35. The van der Waals surface area contributed by atoms with Crippen molar-refractivity contribution in [1.29, 1.82) is 0 Å². The normalized spacial score (nSPS) is 38.8. The molecule has 2 N–H and O–H groups in total. The maximum absolute atomic E-state index is 10.9. The van der Waals surface area contributed by atoms with E-state index in [0.717, 1.165) is 44.9 Å². The molecule has 2 fully saturated rings. The third-order valence-corrected chi connectivity index (χ3v) is 4.45. The number of aliphatic carboxylic acids is 2. The third kappa shape index (κ3) is 2.06. The van der Waals surface area contributed by atoms with Gasteiger partial charge in [-0.3, -0.25) is 9.59 Å². The van der Waals surface area contributed by atoms with Gasteiger partial charge in [0.15, 0.2) is 0 Å². The van der Waals surface area contributed by atoms with Gasteiger partial charge in [-0.05, 0) is 50.4 Å². The van der Waals surface area contributed by atoms with Crippen LogP contribution in [0.1, 0.15) is 44.9 Å². The lowest BCUT2D eigenvalue weighted by Crippen LogP contribution is -2.29. The van der Waals surface area contributed by atoms with Crippen LogP contribution in [0.5, 0.6) is 0 Å². The van der Waals surface area contributed by atoms with E-state index in [4.69, 9.17) is 10.2 Å². The molecule has 0 aromatic rings. The summed E-state index contributed by atoms with van der Waals surface area (Å²) in [5, 5.41) is 17.9. The number of carboxylic acid groups (broad SMARTS) is 2. The molecule has 1 atom stereocenters. The van der Waals surface area contributed by atoms with Gasteiger partial charge >= 0.3 is 11.9 Å².